The summed E-state index contributed by atoms with van der Waals surface area (Å²) in [5, 5.41) is 9.50. The Morgan fingerprint density at radius 2 is 1.78 bits per heavy atom. The summed E-state index contributed by atoms with van der Waals surface area (Å²) in [4.78, 5) is 15.0. The van der Waals surface area contributed by atoms with E-state index >= 15 is 0 Å². The van der Waals surface area contributed by atoms with Gasteiger partial charge in [0.25, 0.3) is 5.91 Å². The third kappa shape index (κ3) is 5.03. The zero-order valence-corrected chi connectivity index (χ0v) is 17.0. The molecule has 0 bridgehead atoms. The molecule has 0 aliphatic carbocycles. The van der Waals surface area contributed by atoms with Crippen molar-refractivity contribution in [1.29, 1.82) is 0 Å². The maximum atomic E-state index is 11.4. The number of hydrogen-bond acceptors (Lipinski definition) is 5. The van der Waals surface area contributed by atoms with Crippen LogP contribution in [0.2, 0.25) is 5.02 Å². The minimum absolute atomic E-state index is 0.393. The lowest BCUT2D eigenvalue weighted by Crippen LogP contribution is -2.54. The second kappa shape index (κ2) is 9.08. The van der Waals surface area contributed by atoms with E-state index in [1.165, 1.54) is 0 Å². The number of rotatable bonds is 5. The van der Waals surface area contributed by atoms with Crippen LogP contribution >= 0.6 is 23.5 Å². The Kier molecular flexibility index (Phi) is 6.78. The van der Waals surface area contributed by atoms with E-state index < -0.39 is 5.91 Å². The van der Waals surface area contributed by atoms with E-state index in [4.69, 9.17) is 16.8 Å². The number of benzene rings is 2. The summed E-state index contributed by atoms with van der Waals surface area (Å²) < 4.78 is 2.38. The van der Waals surface area contributed by atoms with Crippen molar-refractivity contribution in [1.82, 2.24) is 14.7 Å². The third-order valence-electron chi connectivity index (χ3n) is 4.81. The van der Waals surface area contributed by atoms with Crippen LogP contribution in [0, 0.1) is 0 Å². The van der Waals surface area contributed by atoms with Crippen LogP contribution in [0.4, 0.5) is 0 Å². The van der Waals surface area contributed by atoms with Gasteiger partial charge >= 0.3 is 0 Å². The van der Waals surface area contributed by atoms with Crippen molar-refractivity contribution in [3.63, 3.8) is 0 Å². The molecule has 3 rings (SSSR count). The van der Waals surface area contributed by atoms with Crippen LogP contribution in [0.15, 0.2) is 53.4 Å². The van der Waals surface area contributed by atoms with Crippen molar-refractivity contribution >= 4 is 29.5 Å². The zero-order chi connectivity index (χ0) is 19.4. The highest BCUT2D eigenvalue weighted by Crippen LogP contribution is 2.32. The number of carbonyl (C=O) groups excluding carboxylic acids is 1. The van der Waals surface area contributed by atoms with Gasteiger partial charge in [-0.25, -0.2) is 9.79 Å². The largest absolute Gasteiger partial charge is 0.291 e. The average molecular weight is 406 g/mol. The standard InChI is InChI=1S/C20H24ClN3O2S/c1-14-11-23(27-19-6-4-3-5-18(19)21)12-15(2)24(14)13-16-7-9-17(10-8-16)20(25)22-26/h3-10,14-15,26H,11-13H2,1-2H3,(H,22,25). The molecule has 1 amide bonds. The van der Waals surface area contributed by atoms with E-state index in [-0.39, 0.29) is 0 Å². The molecule has 2 aromatic carbocycles. The summed E-state index contributed by atoms with van der Waals surface area (Å²) in [5.74, 6) is -0.492. The predicted octanol–water partition coefficient (Wildman–Crippen LogP) is 4.06. The molecule has 5 nitrogen and oxygen atoms in total. The molecule has 1 heterocycles. The number of piperazine rings is 1. The molecule has 7 heteroatoms. The van der Waals surface area contributed by atoms with Crippen molar-refractivity contribution in [3.8, 4) is 0 Å². The molecule has 0 radical (unpaired) electrons. The maximum Gasteiger partial charge on any atom is 0.274 e. The first-order valence-electron chi connectivity index (χ1n) is 8.94. The fourth-order valence-electron chi connectivity index (χ4n) is 3.39. The Labute approximate surface area is 169 Å². The molecule has 1 aliphatic heterocycles. The molecule has 0 aromatic heterocycles. The minimum atomic E-state index is -0.492. The van der Waals surface area contributed by atoms with E-state index in [2.05, 4.69) is 29.1 Å². The lowest BCUT2D eigenvalue weighted by molar-refractivity contribution is 0.0705. The van der Waals surface area contributed by atoms with Crippen molar-refractivity contribution < 1.29 is 10.0 Å². The third-order valence-corrected chi connectivity index (χ3v) is 6.37. The molecule has 2 aromatic rings. The van der Waals surface area contributed by atoms with Gasteiger partial charge in [0.1, 0.15) is 0 Å². The topological polar surface area (TPSA) is 55.8 Å². The first kappa shape index (κ1) is 20.2. The number of halogens is 1. The lowest BCUT2D eigenvalue weighted by Gasteiger charge is -2.44. The Bertz CT molecular complexity index is 775. The summed E-state index contributed by atoms with van der Waals surface area (Å²) in [6.07, 6.45) is 0. The second-order valence-corrected chi connectivity index (χ2v) is 8.42. The minimum Gasteiger partial charge on any atom is -0.291 e. The van der Waals surface area contributed by atoms with Crippen LogP contribution in [0.5, 0.6) is 0 Å². The summed E-state index contributed by atoms with van der Waals surface area (Å²) in [6, 6.07) is 16.1. The van der Waals surface area contributed by atoms with Gasteiger partial charge in [-0.2, -0.15) is 0 Å². The van der Waals surface area contributed by atoms with E-state index in [9.17, 15) is 4.79 Å². The van der Waals surface area contributed by atoms with E-state index in [1.54, 1.807) is 29.6 Å². The molecule has 27 heavy (non-hydrogen) atoms. The smallest absolute Gasteiger partial charge is 0.274 e. The number of hydrogen-bond donors (Lipinski definition) is 2. The summed E-state index contributed by atoms with van der Waals surface area (Å²) in [7, 11) is 0. The number of nitrogens with one attached hydrogen (secondary N) is 1. The zero-order valence-electron chi connectivity index (χ0n) is 15.4. The molecule has 2 N–H and O–H groups in total. The van der Waals surface area contributed by atoms with Gasteiger partial charge in [-0.15, -0.1) is 0 Å². The average Bonchev–Trinajstić information content (AvgIpc) is 2.66. The predicted molar refractivity (Wildman–Crippen MR) is 109 cm³/mol. The fraction of sp³-hybridized carbons (Fsp3) is 0.350. The van der Waals surface area contributed by atoms with Gasteiger partial charge in [0.05, 0.1) is 5.02 Å². The highest BCUT2D eigenvalue weighted by atomic mass is 35.5. The fourth-order valence-corrected chi connectivity index (χ4v) is 4.78. The lowest BCUT2D eigenvalue weighted by atomic mass is 10.1. The van der Waals surface area contributed by atoms with Gasteiger partial charge < -0.3 is 0 Å². The Morgan fingerprint density at radius 3 is 2.37 bits per heavy atom. The van der Waals surface area contributed by atoms with Gasteiger partial charge in [0, 0.05) is 42.2 Å². The maximum absolute atomic E-state index is 11.4. The van der Waals surface area contributed by atoms with Crippen LogP contribution in [0.25, 0.3) is 0 Å². The van der Waals surface area contributed by atoms with Crippen LogP contribution in [0.3, 0.4) is 0 Å². The Balaban J connectivity index is 1.62. The molecule has 2 atom stereocenters. The van der Waals surface area contributed by atoms with Crippen molar-refractivity contribution in [2.75, 3.05) is 13.1 Å². The van der Waals surface area contributed by atoms with Gasteiger partial charge in [-0.3, -0.25) is 14.9 Å². The van der Waals surface area contributed by atoms with Crippen LogP contribution < -0.4 is 5.48 Å². The molecule has 1 aliphatic rings. The first-order valence-corrected chi connectivity index (χ1v) is 10.1. The van der Waals surface area contributed by atoms with Crippen molar-refractivity contribution in [2.45, 2.75) is 37.4 Å². The molecule has 2 unspecified atom stereocenters. The molecular weight excluding hydrogens is 382 g/mol. The first-order chi connectivity index (χ1) is 13.0. The normalized spacial score (nSPS) is 21.2. The number of carbonyl (C=O) groups is 1. The van der Waals surface area contributed by atoms with Gasteiger partial charge in [0.15, 0.2) is 0 Å². The highest BCUT2D eigenvalue weighted by molar-refractivity contribution is 7.97. The van der Waals surface area contributed by atoms with Crippen LogP contribution in [-0.4, -0.2) is 45.5 Å². The van der Waals surface area contributed by atoms with Gasteiger partial charge in [-0.05, 0) is 55.6 Å². The van der Waals surface area contributed by atoms with Crippen molar-refractivity contribution in [2.24, 2.45) is 0 Å². The van der Waals surface area contributed by atoms with E-state index in [0.717, 1.165) is 35.1 Å². The molecule has 0 saturated carbocycles. The summed E-state index contributed by atoms with van der Waals surface area (Å²) in [6.45, 7) is 7.21. The van der Waals surface area contributed by atoms with Crippen LogP contribution in [-0.2, 0) is 6.54 Å². The SMILES string of the molecule is CC1CN(Sc2ccccc2Cl)CC(C)N1Cc1ccc(C(=O)NO)cc1. The highest BCUT2D eigenvalue weighted by Gasteiger charge is 2.30. The van der Waals surface area contributed by atoms with Gasteiger partial charge in [0.2, 0.25) is 0 Å². The quantitative estimate of drug-likeness (QED) is 0.446. The van der Waals surface area contributed by atoms with E-state index in [1.807, 2.05) is 30.3 Å². The monoisotopic (exact) mass is 405 g/mol. The van der Waals surface area contributed by atoms with E-state index in [0.29, 0.717) is 17.6 Å². The van der Waals surface area contributed by atoms with Crippen LogP contribution in [0.1, 0.15) is 29.8 Å². The number of hydroxylamine groups is 1. The molecule has 0 spiro atoms. The second-order valence-electron chi connectivity index (χ2n) is 6.88. The van der Waals surface area contributed by atoms with Crippen molar-refractivity contribution in [3.05, 3.63) is 64.7 Å². The Hall–Kier alpha value is -1.57. The summed E-state index contributed by atoms with van der Waals surface area (Å²) >= 11 is 8.02. The number of nitrogens with zero attached hydrogens (tertiary/aromatic N) is 2. The molecule has 1 fully saturated rings. The number of amides is 1. The Morgan fingerprint density at radius 1 is 1.15 bits per heavy atom. The molecule has 1 saturated heterocycles. The van der Waals surface area contributed by atoms with Gasteiger partial charge in [-0.1, -0.05) is 35.9 Å². The summed E-state index contributed by atoms with van der Waals surface area (Å²) in [5.41, 5.74) is 3.25. The molecular formula is C20H24ClN3O2S. The molecule has 144 valence electrons.